The highest BCUT2D eigenvalue weighted by atomic mass is 16.6. The molecular weight excluding hydrogens is 230 g/mol. The summed E-state index contributed by atoms with van der Waals surface area (Å²) in [4.78, 5) is 11.8. The predicted molar refractivity (Wildman–Crippen MR) is 69.4 cm³/mol. The summed E-state index contributed by atoms with van der Waals surface area (Å²) in [5.41, 5.74) is 7.49. The summed E-state index contributed by atoms with van der Waals surface area (Å²) < 4.78 is 10.8. The largest absolute Gasteiger partial charge is 0.478 e. The predicted octanol–water partition coefficient (Wildman–Crippen LogP) is 2.16. The fraction of sp³-hybridized carbons (Fsp3) is 0.500. The third kappa shape index (κ3) is 2.94. The average molecular weight is 249 g/mol. The van der Waals surface area contributed by atoms with Crippen LogP contribution in [0, 0.1) is 5.92 Å². The van der Waals surface area contributed by atoms with E-state index in [0.29, 0.717) is 18.9 Å². The van der Waals surface area contributed by atoms with Crippen LogP contribution in [0.25, 0.3) is 0 Å². The standard InChI is InChI=1S/C14H19NO3/c1-9(2)8-17-14(16)13-5-3-10-7-11(15)4-6-12(10)18-13/h4,6-7,9,13H,3,5,8,15H2,1-2H3/t13-/m1/s1. The van der Waals surface area contributed by atoms with Gasteiger partial charge in [-0.15, -0.1) is 0 Å². The van der Waals surface area contributed by atoms with Gasteiger partial charge in [0.1, 0.15) is 5.75 Å². The van der Waals surface area contributed by atoms with Crippen LogP contribution in [0.3, 0.4) is 0 Å². The van der Waals surface area contributed by atoms with E-state index < -0.39 is 6.10 Å². The maximum atomic E-state index is 11.8. The Bertz CT molecular complexity index is 443. The van der Waals surface area contributed by atoms with Gasteiger partial charge >= 0.3 is 5.97 Å². The molecule has 1 aliphatic rings. The van der Waals surface area contributed by atoms with Crippen molar-refractivity contribution in [2.24, 2.45) is 5.92 Å². The number of ether oxygens (including phenoxy) is 2. The van der Waals surface area contributed by atoms with Crippen molar-refractivity contribution in [3.8, 4) is 5.75 Å². The Morgan fingerprint density at radius 1 is 1.56 bits per heavy atom. The highest BCUT2D eigenvalue weighted by molar-refractivity contribution is 5.75. The van der Waals surface area contributed by atoms with Gasteiger partial charge in [0.2, 0.25) is 0 Å². The molecule has 0 spiro atoms. The number of fused-ring (bicyclic) bond motifs is 1. The summed E-state index contributed by atoms with van der Waals surface area (Å²) in [5, 5.41) is 0. The van der Waals surface area contributed by atoms with Gasteiger partial charge in [0.25, 0.3) is 0 Å². The Kier molecular flexibility index (Phi) is 3.75. The molecule has 2 rings (SSSR count). The van der Waals surface area contributed by atoms with Crippen molar-refractivity contribution in [1.29, 1.82) is 0 Å². The Labute approximate surface area is 107 Å². The smallest absolute Gasteiger partial charge is 0.347 e. The molecule has 1 atom stereocenters. The van der Waals surface area contributed by atoms with E-state index in [1.54, 1.807) is 6.07 Å². The molecule has 0 amide bonds. The van der Waals surface area contributed by atoms with Crippen LogP contribution in [0.15, 0.2) is 18.2 Å². The third-order valence-electron chi connectivity index (χ3n) is 2.85. The van der Waals surface area contributed by atoms with Gasteiger partial charge in [-0.25, -0.2) is 4.79 Å². The summed E-state index contributed by atoms with van der Waals surface area (Å²) >= 11 is 0. The molecule has 0 saturated heterocycles. The Morgan fingerprint density at radius 3 is 3.06 bits per heavy atom. The first-order valence-corrected chi connectivity index (χ1v) is 6.28. The summed E-state index contributed by atoms with van der Waals surface area (Å²) in [7, 11) is 0. The van der Waals surface area contributed by atoms with E-state index in [2.05, 4.69) is 0 Å². The summed E-state index contributed by atoms with van der Waals surface area (Å²) in [6, 6.07) is 5.48. The van der Waals surface area contributed by atoms with Gasteiger partial charge in [0, 0.05) is 5.69 Å². The van der Waals surface area contributed by atoms with Gasteiger partial charge in [0.05, 0.1) is 6.61 Å². The van der Waals surface area contributed by atoms with Gasteiger partial charge in [0.15, 0.2) is 6.10 Å². The van der Waals surface area contributed by atoms with Crippen molar-refractivity contribution < 1.29 is 14.3 Å². The lowest BCUT2D eigenvalue weighted by molar-refractivity contribution is -0.153. The molecule has 1 aromatic rings. The van der Waals surface area contributed by atoms with Crippen LogP contribution in [0.2, 0.25) is 0 Å². The van der Waals surface area contributed by atoms with Crippen LogP contribution in [-0.4, -0.2) is 18.7 Å². The van der Waals surface area contributed by atoms with Crippen LogP contribution in [0.1, 0.15) is 25.8 Å². The first-order chi connectivity index (χ1) is 8.56. The van der Waals surface area contributed by atoms with Crippen LogP contribution >= 0.6 is 0 Å². The number of rotatable bonds is 3. The lowest BCUT2D eigenvalue weighted by atomic mass is 10.0. The number of carbonyl (C=O) groups excluding carboxylic acids is 1. The SMILES string of the molecule is CC(C)COC(=O)[C@H]1CCc2cc(N)ccc2O1. The molecule has 0 saturated carbocycles. The van der Waals surface area contributed by atoms with Crippen LogP contribution in [0.5, 0.6) is 5.75 Å². The molecule has 1 aromatic carbocycles. The molecule has 0 aliphatic carbocycles. The normalized spacial score (nSPS) is 18.1. The summed E-state index contributed by atoms with van der Waals surface area (Å²) in [5.74, 6) is 0.803. The first kappa shape index (κ1) is 12.7. The molecule has 1 aliphatic heterocycles. The fourth-order valence-electron chi connectivity index (χ4n) is 1.92. The Morgan fingerprint density at radius 2 is 2.33 bits per heavy atom. The second-order valence-corrected chi connectivity index (χ2v) is 5.04. The number of nitrogen functional groups attached to an aromatic ring is 1. The van der Waals surface area contributed by atoms with Gasteiger partial charge in [-0.2, -0.15) is 0 Å². The highest BCUT2D eigenvalue weighted by Crippen LogP contribution is 2.29. The number of hydrogen-bond donors (Lipinski definition) is 1. The molecule has 0 unspecified atom stereocenters. The molecule has 2 N–H and O–H groups in total. The van der Waals surface area contributed by atoms with Crippen LogP contribution in [0.4, 0.5) is 5.69 Å². The zero-order chi connectivity index (χ0) is 13.1. The molecule has 0 aromatic heterocycles. The zero-order valence-electron chi connectivity index (χ0n) is 10.8. The van der Waals surface area contributed by atoms with E-state index in [-0.39, 0.29) is 5.97 Å². The van der Waals surface area contributed by atoms with Gasteiger partial charge in [-0.1, -0.05) is 13.8 Å². The zero-order valence-corrected chi connectivity index (χ0v) is 10.8. The highest BCUT2D eigenvalue weighted by Gasteiger charge is 2.27. The minimum Gasteiger partial charge on any atom is -0.478 e. The third-order valence-corrected chi connectivity index (χ3v) is 2.85. The van der Waals surface area contributed by atoms with Crippen molar-refractivity contribution in [3.05, 3.63) is 23.8 Å². The van der Waals surface area contributed by atoms with Crippen LogP contribution < -0.4 is 10.5 Å². The molecule has 98 valence electrons. The Hall–Kier alpha value is -1.71. The molecule has 0 radical (unpaired) electrons. The van der Waals surface area contributed by atoms with Gasteiger partial charge < -0.3 is 15.2 Å². The van der Waals surface area contributed by atoms with E-state index in [1.165, 1.54) is 0 Å². The summed E-state index contributed by atoms with van der Waals surface area (Å²) in [6.07, 6.45) is 0.953. The lowest BCUT2D eigenvalue weighted by Gasteiger charge is -2.25. The van der Waals surface area contributed by atoms with E-state index in [4.69, 9.17) is 15.2 Å². The fourth-order valence-corrected chi connectivity index (χ4v) is 1.92. The second-order valence-electron chi connectivity index (χ2n) is 5.04. The van der Waals surface area contributed by atoms with Gasteiger partial charge in [-0.3, -0.25) is 0 Å². The van der Waals surface area contributed by atoms with Gasteiger partial charge in [-0.05, 0) is 42.5 Å². The maximum Gasteiger partial charge on any atom is 0.347 e. The number of carbonyl (C=O) groups is 1. The number of esters is 1. The average Bonchev–Trinajstić information content (AvgIpc) is 2.35. The molecular formula is C14H19NO3. The maximum absolute atomic E-state index is 11.8. The van der Waals surface area contributed by atoms with Crippen molar-refractivity contribution in [2.75, 3.05) is 12.3 Å². The van der Waals surface area contributed by atoms with E-state index >= 15 is 0 Å². The number of hydrogen-bond acceptors (Lipinski definition) is 4. The quantitative estimate of drug-likeness (QED) is 0.658. The van der Waals surface area contributed by atoms with E-state index in [1.807, 2.05) is 26.0 Å². The molecule has 4 heteroatoms. The molecule has 4 nitrogen and oxygen atoms in total. The number of aryl methyl sites for hydroxylation is 1. The monoisotopic (exact) mass is 249 g/mol. The number of nitrogens with two attached hydrogens (primary N) is 1. The Balaban J connectivity index is 1.99. The first-order valence-electron chi connectivity index (χ1n) is 6.28. The van der Waals surface area contributed by atoms with Crippen LogP contribution in [-0.2, 0) is 16.0 Å². The van der Waals surface area contributed by atoms with E-state index in [9.17, 15) is 4.79 Å². The van der Waals surface area contributed by atoms with Crippen molar-refractivity contribution in [3.63, 3.8) is 0 Å². The van der Waals surface area contributed by atoms with Crippen molar-refractivity contribution >= 4 is 11.7 Å². The molecule has 1 heterocycles. The van der Waals surface area contributed by atoms with Crippen molar-refractivity contribution in [1.82, 2.24) is 0 Å². The minimum absolute atomic E-state index is 0.272. The minimum atomic E-state index is -0.486. The van der Waals surface area contributed by atoms with Crippen molar-refractivity contribution in [2.45, 2.75) is 32.8 Å². The molecule has 18 heavy (non-hydrogen) atoms. The lowest BCUT2D eigenvalue weighted by Crippen LogP contribution is -2.33. The number of anilines is 1. The summed E-state index contributed by atoms with van der Waals surface area (Å²) in [6.45, 7) is 4.45. The topological polar surface area (TPSA) is 61.5 Å². The van der Waals surface area contributed by atoms with E-state index in [0.717, 1.165) is 23.4 Å². The molecule has 0 fully saturated rings. The molecule has 0 bridgehead atoms. The number of benzene rings is 1. The second kappa shape index (κ2) is 5.29.